The Morgan fingerprint density at radius 3 is 0.983 bits per heavy atom. The van der Waals surface area contributed by atoms with Crippen LogP contribution in [0.5, 0.6) is 0 Å². The second kappa shape index (κ2) is 21.3. The van der Waals surface area contributed by atoms with Crippen LogP contribution in [0.25, 0.3) is 36.5 Å². The van der Waals surface area contributed by atoms with E-state index in [-0.39, 0.29) is 42.9 Å². The van der Waals surface area contributed by atoms with Crippen molar-refractivity contribution in [1.29, 1.82) is 0 Å². The maximum absolute atomic E-state index is 12.4. The smallest absolute Gasteiger partial charge is 0.249 e. The van der Waals surface area contributed by atoms with Gasteiger partial charge in [-0.2, -0.15) is 15.3 Å². The highest BCUT2D eigenvalue weighted by Crippen LogP contribution is 2.30. The van der Waals surface area contributed by atoms with Crippen LogP contribution in [0.4, 0.5) is 0 Å². The van der Waals surface area contributed by atoms with Crippen molar-refractivity contribution < 1.29 is 14.4 Å². The molecule has 0 unspecified atom stereocenters. The summed E-state index contributed by atoms with van der Waals surface area (Å²) < 4.78 is 4.46. The molecule has 9 rings (SSSR count). The van der Waals surface area contributed by atoms with Gasteiger partial charge in [0, 0.05) is 36.3 Å². The van der Waals surface area contributed by atoms with Crippen LogP contribution in [0.15, 0.2) is 128 Å². The molecule has 9 heteroatoms. The van der Waals surface area contributed by atoms with Crippen LogP contribution in [0.3, 0.4) is 0 Å². The molecule has 0 bridgehead atoms. The molecule has 0 atom stereocenters. The molecule has 9 nitrogen and oxygen atoms in total. The summed E-state index contributed by atoms with van der Waals surface area (Å²) in [6.45, 7) is 0. The second-order valence-electron chi connectivity index (χ2n) is 15.0. The molecule has 3 aromatic heterocycles. The molecule has 0 radical (unpaired) electrons. The summed E-state index contributed by atoms with van der Waals surface area (Å²) in [5.74, 6) is 0.945. The van der Waals surface area contributed by atoms with Crippen LogP contribution in [0, 0.1) is 17.8 Å². The van der Waals surface area contributed by atoms with Gasteiger partial charge in [0.1, 0.15) is 0 Å². The Hall–Kier alpha value is -6.48. The molecule has 302 valence electrons. The lowest BCUT2D eigenvalue weighted by Crippen LogP contribution is -2.27. The summed E-state index contributed by atoms with van der Waals surface area (Å²) in [5.41, 5.74) is 5.83. The predicted octanol–water partition coefficient (Wildman–Crippen LogP) is 11.5. The molecule has 3 heterocycles. The van der Waals surface area contributed by atoms with Crippen LogP contribution in [-0.2, 0) is 0 Å². The summed E-state index contributed by atoms with van der Waals surface area (Å²) in [6.07, 6.45) is 27.9. The minimum Gasteiger partial charge on any atom is -0.272 e. The number of hydrogen-bond acceptors (Lipinski definition) is 6. The van der Waals surface area contributed by atoms with Crippen molar-refractivity contribution in [2.45, 2.75) is 71.6 Å². The zero-order valence-electron chi connectivity index (χ0n) is 32.8. The van der Waals surface area contributed by atoms with Gasteiger partial charge in [0.25, 0.3) is 0 Å². The molecule has 6 aromatic rings. The SMILES string of the molecule is C.O=C(C1CC1)n1ccc(/C=C/c2ccccc2)n1.O=C(C1CCC1)n1ccc(/C=C/c2ccccc2)n1.O=C(C1CCCCC1)n1ccc(/C=C/c2ccccc2)n1. The number of carbonyl (C=O) groups excluding carboxylic acids is 3. The lowest BCUT2D eigenvalue weighted by atomic mass is 9.85. The highest BCUT2D eigenvalue weighted by Gasteiger charge is 2.31. The van der Waals surface area contributed by atoms with Crippen molar-refractivity contribution in [1.82, 2.24) is 29.3 Å². The third kappa shape index (κ3) is 12.5. The number of aromatic nitrogens is 6. The van der Waals surface area contributed by atoms with Gasteiger partial charge in [0.2, 0.25) is 17.7 Å². The van der Waals surface area contributed by atoms with E-state index < -0.39 is 0 Å². The first-order chi connectivity index (χ1) is 28.5. The van der Waals surface area contributed by atoms with Gasteiger partial charge >= 0.3 is 0 Å². The number of carbonyl (C=O) groups is 3. The number of hydrogen-bond donors (Lipinski definition) is 0. The molecule has 0 spiro atoms. The van der Waals surface area contributed by atoms with Crippen molar-refractivity contribution in [3.8, 4) is 0 Å². The fourth-order valence-corrected chi connectivity index (χ4v) is 6.78. The lowest BCUT2D eigenvalue weighted by Gasteiger charge is -2.22. The molecular weight excluding hydrogens is 733 g/mol. The zero-order valence-corrected chi connectivity index (χ0v) is 32.8. The van der Waals surface area contributed by atoms with Crippen molar-refractivity contribution in [2.75, 3.05) is 0 Å². The third-order valence-electron chi connectivity index (χ3n) is 10.6. The van der Waals surface area contributed by atoms with Gasteiger partial charge in [0.15, 0.2) is 0 Å². The predicted molar refractivity (Wildman–Crippen MR) is 238 cm³/mol. The monoisotopic (exact) mass is 786 g/mol. The highest BCUT2D eigenvalue weighted by molar-refractivity contribution is 5.83. The van der Waals surface area contributed by atoms with E-state index in [1.807, 2.05) is 146 Å². The fourth-order valence-electron chi connectivity index (χ4n) is 6.78. The van der Waals surface area contributed by atoms with Gasteiger partial charge in [-0.1, -0.05) is 142 Å². The van der Waals surface area contributed by atoms with Crippen molar-refractivity contribution in [3.05, 3.63) is 162 Å². The van der Waals surface area contributed by atoms with Gasteiger partial charge < -0.3 is 0 Å². The topological polar surface area (TPSA) is 105 Å². The Kier molecular flexibility index (Phi) is 15.2. The van der Waals surface area contributed by atoms with Gasteiger partial charge in [-0.15, -0.1) is 0 Å². The van der Waals surface area contributed by atoms with E-state index in [9.17, 15) is 14.4 Å². The van der Waals surface area contributed by atoms with Crippen LogP contribution in [0.1, 0.15) is 120 Å². The van der Waals surface area contributed by atoms with Gasteiger partial charge in [-0.25, -0.2) is 14.0 Å². The fraction of sp³-hybridized carbons (Fsp3) is 0.280. The number of nitrogens with zero attached hydrogens (tertiary/aromatic N) is 6. The minimum atomic E-state index is 0. The van der Waals surface area contributed by atoms with Crippen LogP contribution < -0.4 is 0 Å². The number of rotatable bonds is 9. The summed E-state index contributed by atoms with van der Waals surface area (Å²) in [5, 5.41) is 13.0. The van der Waals surface area contributed by atoms with E-state index in [0.717, 1.165) is 72.3 Å². The Balaban J connectivity index is 0.000000148. The van der Waals surface area contributed by atoms with E-state index in [0.29, 0.717) is 0 Å². The molecule has 3 aliphatic carbocycles. The van der Waals surface area contributed by atoms with Crippen LogP contribution >= 0.6 is 0 Å². The Morgan fingerprint density at radius 1 is 0.390 bits per heavy atom. The van der Waals surface area contributed by atoms with Crippen molar-refractivity contribution in [3.63, 3.8) is 0 Å². The normalized spacial score (nSPS) is 15.5. The molecule has 3 aliphatic rings. The van der Waals surface area contributed by atoms with Gasteiger partial charge in [-0.05, 0) is 91.6 Å². The summed E-state index contributed by atoms with van der Waals surface area (Å²) in [4.78, 5) is 36.1. The summed E-state index contributed by atoms with van der Waals surface area (Å²) >= 11 is 0. The number of benzene rings is 3. The van der Waals surface area contributed by atoms with Crippen molar-refractivity contribution >= 4 is 54.2 Å². The third-order valence-corrected chi connectivity index (χ3v) is 10.6. The first kappa shape index (κ1) is 42.1. The Bertz CT molecular complexity index is 2320. The van der Waals surface area contributed by atoms with Gasteiger partial charge in [0.05, 0.1) is 17.1 Å². The molecule has 3 aromatic carbocycles. The van der Waals surface area contributed by atoms with Crippen LogP contribution in [-0.4, -0.2) is 47.1 Å². The lowest BCUT2D eigenvalue weighted by molar-refractivity contribution is 0.0745. The maximum atomic E-state index is 12.4. The van der Waals surface area contributed by atoms with Crippen LogP contribution in [0.2, 0.25) is 0 Å². The Labute approximate surface area is 347 Å². The minimum absolute atomic E-state index is 0. The molecule has 3 fully saturated rings. The standard InChI is InChI=1S/C18H20N2O.C16H16N2O.C15H14N2O.CH4/c21-18(16-9-5-2-6-10-16)20-14-13-17(19-20)12-11-15-7-3-1-4-8-15;19-16(14-7-4-8-14)18-12-11-15(17-18)10-9-13-5-2-1-3-6-13;18-15(13-7-8-13)17-11-10-14(16-17)9-6-12-4-2-1-3-5-12;/h1,3-4,7-8,11-14,16H,2,5-6,9-10H2;1-3,5-6,9-12,14H,4,7-8H2;1-6,9-11,13H,7-8H2;1H4/b12-11+;10-9+;9-6+;. The van der Waals surface area contributed by atoms with Crippen molar-refractivity contribution in [2.24, 2.45) is 17.8 Å². The molecule has 0 aliphatic heterocycles. The second-order valence-corrected chi connectivity index (χ2v) is 15.0. The molecule has 59 heavy (non-hydrogen) atoms. The largest absolute Gasteiger partial charge is 0.272 e. The van der Waals surface area contributed by atoms with Gasteiger partial charge in [-0.3, -0.25) is 14.4 Å². The molecular formula is C50H54N6O3. The maximum Gasteiger partial charge on any atom is 0.249 e. The highest BCUT2D eigenvalue weighted by atomic mass is 16.2. The van der Waals surface area contributed by atoms with E-state index in [4.69, 9.17) is 0 Å². The van der Waals surface area contributed by atoms with E-state index in [1.165, 1.54) is 39.7 Å². The average Bonchev–Trinajstić information content (AvgIpc) is 3.58. The van der Waals surface area contributed by atoms with E-state index in [1.54, 1.807) is 18.6 Å². The molecule has 0 N–H and O–H groups in total. The zero-order chi connectivity index (χ0) is 39.9. The first-order valence-corrected chi connectivity index (χ1v) is 20.5. The Morgan fingerprint density at radius 2 is 0.695 bits per heavy atom. The van der Waals surface area contributed by atoms with E-state index in [2.05, 4.69) is 15.3 Å². The molecule has 0 amide bonds. The first-order valence-electron chi connectivity index (χ1n) is 20.5. The quantitative estimate of drug-likeness (QED) is 0.144. The molecule has 3 saturated carbocycles. The molecule has 0 saturated heterocycles. The van der Waals surface area contributed by atoms with E-state index >= 15 is 0 Å². The summed E-state index contributed by atoms with van der Waals surface area (Å²) in [7, 11) is 0. The summed E-state index contributed by atoms with van der Waals surface area (Å²) in [6, 6.07) is 35.8. The average molecular weight is 787 g/mol.